The van der Waals surface area contributed by atoms with Gasteiger partial charge in [0.25, 0.3) is 0 Å². The Morgan fingerprint density at radius 3 is 2.12 bits per heavy atom. The van der Waals surface area contributed by atoms with Crippen molar-refractivity contribution in [3.63, 3.8) is 0 Å². The molecule has 0 saturated heterocycles. The normalized spacial score (nSPS) is 15.5. The second-order valence-corrected chi connectivity index (χ2v) is 8.15. The number of aryl methyl sites for hydroxylation is 3. The first-order valence-electron chi connectivity index (χ1n) is 10.9. The molecule has 0 spiro atoms. The lowest BCUT2D eigenvalue weighted by atomic mass is 9.96. The van der Waals surface area contributed by atoms with Gasteiger partial charge in [-0.15, -0.1) is 0 Å². The Balaban J connectivity index is 2.07. The van der Waals surface area contributed by atoms with E-state index < -0.39 is 0 Å². The van der Waals surface area contributed by atoms with Crippen LogP contribution in [0.5, 0.6) is 0 Å². The van der Waals surface area contributed by atoms with Crippen LogP contribution in [-0.4, -0.2) is 11.2 Å². The topological polar surface area (TPSA) is 24.1 Å². The average molecular weight is 375 g/mol. The van der Waals surface area contributed by atoms with Gasteiger partial charge in [0.1, 0.15) is 0 Å². The number of anilines is 1. The third-order valence-corrected chi connectivity index (χ3v) is 5.84. The van der Waals surface area contributed by atoms with Crippen molar-refractivity contribution in [3.8, 4) is 0 Å². The molecule has 1 aromatic carbocycles. The van der Waals surface area contributed by atoms with Crippen molar-refractivity contribution in [2.24, 2.45) is 0 Å². The van der Waals surface area contributed by atoms with E-state index in [-0.39, 0.29) is 0 Å². The minimum atomic E-state index is 0.543. The number of benzene rings is 1. The Kier molecular flexibility index (Phi) is 9.45. The molecule has 0 atom stereocenters. The van der Waals surface area contributed by atoms with Gasteiger partial charge in [-0.05, 0) is 67.4 Å². The number of unbranched alkanes of at least 4 members (excludes halogenated alkanes) is 2. The molecule has 0 unspecified atom stereocenters. The first kappa shape index (κ1) is 21.2. The van der Waals surface area contributed by atoms with E-state index in [1.165, 1.54) is 86.6 Å². The fourth-order valence-electron chi connectivity index (χ4n) is 4.04. The van der Waals surface area contributed by atoms with Crippen molar-refractivity contribution in [2.45, 2.75) is 104 Å². The van der Waals surface area contributed by atoms with E-state index in [1.807, 2.05) is 0 Å². The standard InChI is InChI=1S/C23H38N2S/c1-4-7-10-13-18-16-19(5-2)22(20(6-3)17-18)25-23(26)24-21-14-11-8-9-12-15-21/h16-17,21H,4-15H2,1-3H3,(H2,24,25,26). The highest BCUT2D eigenvalue weighted by molar-refractivity contribution is 7.80. The fraction of sp³-hybridized carbons (Fsp3) is 0.696. The van der Waals surface area contributed by atoms with Crippen molar-refractivity contribution >= 4 is 23.0 Å². The van der Waals surface area contributed by atoms with Crippen LogP contribution in [-0.2, 0) is 19.3 Å². The maximum Gasteiger partial charge on any atom is 0.171 e. The molecule has 3 heteroatoms. The highest BCUT2D eigenvalue weighted by Gasteiger charge is 2.15. The first-order chi connectivity index (χ1) is 12.7. The van der Waals surface area contributed by atoms with Crippen LogP contribution < -0.4 is 10.6 Å². The summed E-state index contributed by atoms with van der Waals surface area (Å²) in [6.45, 7) is 6.76. The van der Waals surface area contributed by atoms with Crippen LogP contribution in [0.15, 0.2) is 12.1 Å². The summed E-state index contributed by atoms with van der Waals surface area (Å²) in [5.41, 5.74) is 5.54. The molecular weight excluding hydrogens is 336 g/mol. The SMILES string of the molecule is CCCCCc1cc(CC)c(NC(=S)NC2CCCCCC2)c(CC)c1. The van der Waals surface area contributed by atoms with E-state index in [9.17, 15) is 0 Å². The molecule has 1 aromatic rings. The minimum absolute atomic E-state index is 0.543. The zero-order valence-corrected chi connectivity index (χ0v) is 17.9. The third kappa shape index (κ3) is 6.57. The van der Waals surface area contributed by atoms with Gasteiger partial charge in [-0.25, -0.2) is 0 Å². The monoisotopic (exact) mass is 374 g/mol. The van der Waals surface area contributed by atoms with E-state index in [4.69, 9.17) is 12.2 Å². The summed E-state index contributed by atoms with van der Waals surface area (Å²) >= 11 is 5.67. The van der Waals surface area contributed by atoms with Gasteiger partial charge in [-0.2, -0.15) is 0 Å². The van der Waals surface area contributed by atoms with Crippen LogP contribution in [0.2, 0.25) is 0 Å². The Labute approximate surface area is 166 Å². The lowest BCUT2D eigenvalue weighted by molar-refractivity contribution is 0.535. The van der Waals surface area contributed by atoms with Gasteiger partial charge in [0.2, 0.25) is 0 Å². The molecule has 1 saturated carbocycles. The predicted octanol–water partition coefficient (Wildman–Crippen LogP) is 6.55. The summed E-state index contributed by atoms with van der Waals surface area (Å²) in [5, 5.41) is 7.96. The molecule has 2 nitrogen and oxygen atoms in total. The van der Waals surface area contributed by atoms with Crippen LogP contribution in [0.25, 0.3) is 0 Å². The Morgan fingerprint density at radius 1 is 0.962 bits per heavy atom. The van der Waals surface area contributed by atoms with Crippen molar-refractivity contribution in [1.29, 1.82) is 0 Å². The second kappa shape index (κ2) is 11.6. The molecule has 0 amide bonds. The van der Waals surface area contributed by atoms with Gasteiger partial charge in [0, 0.05) is 11.7 Å². The fourth-order valence-corrected chi connectivity index (χ4v) is 4.31. The zero-order chi connectivity index (χ0) is 18.8. The lowest BCUT2D eigenvalue weighted by Gasteiger charge is -2.22. The number of hydrogen-bond donors (Lipinski definition) is 2. The van der Waals surface area contributed by atoms with Gasteiger partial charge in [0.15, 0.2) is 5.11 Å². The van der Waals surface area contributed by atoms with Gasteiger partial charge in [0.05, 0.1) is 0 Å². The minimum Gasteiger partial charge on any atom is -0.360 e. The molecule has 1 aliphatic rings. The van der Waals surface area contributed by atoms with Gasteiger partial charge >= 0.3 is 0 Å². The maximum absolute atomic E-state index is 5.67. The van der Waals surface area contributed by atoms with Crippen molar-refractivity contribution < 1.29 is 0 Å². The number of hydrogen-bond acceptors (Lipinski definition) is 1. The average Bonchev–Trinajstić information content (AvgIpc) is 2.91. The number of nitrogens with one attached hydrogen (secondary N) is 2. The smallest absolute Gasteiger partial charge is 0.171 e. The first-order valence-corrected chi connectivity index (χ1v) is 11.3. The molecule has 1 fully saturated rings. The van der Waals surface area contributed by atoms with Crippen LogP contribution in [0, 0.1) is 0 Å². The molecule has 2 rings (SSSR count). The van der Waals surface area contributed by atoms with Crippen LogP contribution in [0.1, 0.15) is 95.2 Å². The van der Waals surface area contributed by atoms with Crippen LogP contribution in [0.3, 0.4) is 0 Å². The molecule has 146 valence electrons. The molecule has 0 heterocycles. The lowest BCUT2D eigenvalue weighted by Crippen LogP contribution is -2.37. The summed E-state index contributed by atoms with van der Waals surface area (Å²) in [7, 11) is 0. The third-order valence-electron chi connectivity index (χ3n) is 5.62. The largest absolute Gasteiger partial charge is 0.360 e. The Hall–Kier alpha value is -1.09. The molecule has 0 radical (unpaired) electrons. The van der Waals surface area contributed by atoms with Gasteiger partial charge in [-0.1, -0.05) is 71.4 Å². The molecule has 0 aliphatic heterocycles. The molecule has 26 heavy (non-hydrogen) atoms. The molecule has 0 bridgehead atoms. The van der Waals surface area contributed by atoms with E-state index >= 15 is 0 Å². The van der Waals surface area contributed by atoms with E-state index in [0.717, 1.165) is 18.0 Å². The predicted molar refractivity (Wildman–Crippen MR) is 119 cm³/mol. The Bertz CT molecular complexity index is 534. The van der Waals surface area contributed by atoms with Crippen molar-refractivity contribution in [3.05, 3.63) is 28.8 Å². The molecular formula is C23H38N2S. The van der Waals surface area contributed by atoms with Gasteiger partial charge < -0.3 is 10.6 Å². The quantitative estimate of drug-likeness (QED) is 0.306. The van der Waals surface area contributed by atoms with Crippen molar-refractivity contribution in [1.82, 2.24) is 5.32 Å². The maximum atomic E-state index is 5.67. The molecule has 1 aliphatic carbocycles. The van der Waals surface area contributed by atoms with E-state index in [1.54, 1.807) is 0 Å². The van der Waals surface area contributed by atoms with Crippen LogP contribution >= 0.6 is 12.2 Å². The molecule has 2 N–H and O–H groups in total. The van der Waals surface area contributed by atoms with Crippen LogP contribution in [0.4, 0.5) is 5.69 Å². The summed E-state index contributed by atoms with van der Waals surface area (Å²) < 4.78 is 0. The molecule has 0 aromatic heterocycles. The number of rotatable bonds is 8. The number of thiocarbonyl (C=S) groups is 1. The van der Waals surface area contributed by atoms with Crippen molar-refractivity contribution in [2.75, 3.05) is 5.32 Å². The highest BCUT2D eigenvalue weighted by Crippen LogP contribution is 2.26. The summed E-state index contributed by atoms with van der Waals surface area (Å²) in [4.78, 5) is 0. The summed E-state index contributed by atoms with van der Waals surface area (Å²) in [5.74, 6) is 0. The second-order valence-electron chi connectivity index (χ2n) is 7.74. The highest BCUT2D eigenvalue weighted by atomic mass is 32.1. The summed E-state index contributed by atoms with van der Waals surface area (Å²) in [6, 6.07) is 5.33. The zero-order valence-electron chi connectivity index (χ0n) is 17.1. The van der Waals surface area contributed by atoms with Gasteiger partial charge in [-0.3, -0.25) is 0 Å². The summed E-state index contributed by atoms with van der Waals surface area (Å²) in [6.07, 6.45) is 15.1. The van der Waals surface area contributed by atoms with E-state index in [0.29, 0.717) is 6.04 Å². The Morgan fingerprint density at radius 2 is 1.58 bits per heavy atom. The van der Waals surface area contributed by atoms with E-state index in [2.05, 4.69) is 43.5 Å².